The summed E-state index contributed by atoms with van der Waals surface area (Å²) in [6.07, 6.45) is 3.14. The number of hydrogen-bond acceptors (Lipinski definition) is 7. The fourth-order valence-corrected chi connectivity index (χ4v) is 4.34. The van der Waals surface area contributed by atoms with Gasteiger partial charge in [0.25, 0.3) is 0 Å². The molecule has 152 valence electrons. The summed E-state index contributed by atoms with van der Waals surface area (Å²) >= 11 is -1.57. The first-order valence-electron chi connectivity index (χ1n) is 8.54. The lowest BCUT2D eigenvalue weighted by molar-refractivity contribution is 0.202. The molecule has 0 bridgehead atoms. The van der Waals surface area contributed by atoms with Crippen LogP contribution in [0.3, 0.4) is 0 Å². The van der Waals surface area contributed by atoms with Crippen LogP contribution >= 0.6 is 21.0 Å². The quantitative estimate of drug-likeness (QED) is 0.242. The fraction of sp³-hybridized carbons (Fsp3) is 0.438. The van der Waals surface area contributed by atoms with Gasteiger partial charge in [-0.2, -0.15) is 0 Å². The Labute approximate surface area is 170 Å². The molecule has 8 nitrogen and oxygen atoms in total. The Morgan fingerprint density at radius 1 is 1.43 bits per heavy atom. The molecule has 3 rings (SSSR count). The van der Waals surface area contributed by atoms with Crippen molar-refractivity contribution in [3.8, 4) is 0 Å². The monoisotopic (exact) mass is 445 g/mol. The molecule has 3 unspecified atom stereocenters. The average Bonchev–Trinajstić information content (AvgIpc) is 3.11. The van der Waals surface area contributed by atoms with Crippen molar-refractivity contribution in [1.82, 2.24) is 9.38 Å². The van der Waals surface area contributed by atoms with Gasteiger partial charge in [-0.25, -0.2) is 13.6 Å². The van der Waals surface area contributed by atoms with Crippen LogP contribution in [-0.4, -0.2) is 58.9 Å². The Morgan fingerprint density at radius 3 is 2.68 bits per heavy atom. The summed E-state index contributed by atoms with van der Waals surface area (Å²) in [5.74, 6) is -0.646. The van der Waals surface area contributed by atoms with Gasteiger partial charge < -0.3 is 14.6 Å². The van der Waals surface area contributed by atoms with Gasteiger partial charge in [-0.05, 0) is 30.9 Å². The van der Waals surface area contributed by atoms with Crippen LogP contribution in [0.4, 0.5) is 10.2 Å². The van der Waals surface area contributed by atoms with Crippen LogP contribution in [0, 0.1) is 16.7 Å². The summed E-state index contributed by atoms with van der Waals surface area (Å²) in [5.41, 5.74) is 0.669. The summed E-state index contributed by atoms with van der Waals surface area (Å²) in [6, 6.07) is 3.10. The molecule has 0 spiro atoms. The van der Waals surface area contributed by atoms with Crippen molar-refractivity contribution in [2.24, 2.45) is 5.92 Å². The second kappa shape index (κ2) is 8.96. The predicted octanol–water partition coefficient (Wildman–Crippen LogP) is 2.33. The van der Waals surface area contributed by atoms with Crippen molar-refractivity contribution < 1.29 is 18.3 Å². The van der Waals surface area contributed by atoms with Crippen LogP contribution in [0.1, 0.15) is 18.5 Å². The predicted molar refractivity (Wildman–Crippen MR) is 113 cm³/mol. The number of pyridine rings is 1. The number of piperidine rings is 1. The van der Waals surface area contributed by atoms with E-state index in [1.807, 2.05) is 9.24 Å². The zero-order valence-electron chi connectivity index (χ0n) is 14.8. The highest BCUT2D eigenvalue weighted by molar-refractivity contribution is 8.27. The Kier molecular flexibility index (Phi) is 6.82. The molecule has 0 aliphatic carbocycles. The van der Waals surface area contributed by atoms with Crippen molar-refractivity contribution in [2.75, 3.05) is 24.6 Å². The topological polar surface area (TPSA) is 126 Å². The summed E-state index contributed by atoms with van der Waals surface area (Å²) in [5, 5.41) is 24.7. The Morgan fingerprint density at radius 2 is 2.11 bits per heavy atom. The SMILES string of the molecule is N=C(SC(=N)C(F)P)c1ncn2c(N3CCC(CO)CC3)cc(S(=O)O)cc12. The normalized spacial score (nSPS) is 17.6. The van der Waals surface area contributed by atoms with Gasteiger partial charge in [0.15, 0.2) is 17.0 Å². The van der Waals surface area contributed by atoms with Crippen LogP contribution < -0.4 is 4.90 Å². The number of thioether (sulfide) groups is 1. The van der Waals surface area contributed by atoms with Gasteiger partial charge >= 0.3 is 0 Å². The lowest BCUT2D eigenvalue weighted by Crippen LogP contribution is -2.35. The standard InChI is InChI=1S/C16H21FN5O3PS2/c17-14(26)16(19)27-15(18)13-11-5-10(28(24)25)6-12(22(11)8-20-13)21-3-1-9(7-23)2-4-21/h5-6,8-9,14,18-19,23H,1-4,7,26H2,(H,24,25). The van der Waals surface area contributed by atoms with Gasteiger partial charge in [-0.1, -0.05) is 21.0 Å². The third-order valence-corrected chi connectivity index (χ3v) is 6.73. The van der Waals surface area contributed by atoms with E-state index in [1.54, 1.807) is 10.5 Å². The third kappa shape index (κ3) is 4.44. The highest BCUT2D eigenvalue weighted by atomic mass is 32.2. The van der Waals surface area contributed by atoms with E-state index < -0.39 is 17.0 Å². The minimum atomic E-state index is -2.22. The largest absolute Gasteiger partial charge is 0.396 e. The molecule has 0 saturated carbocycles. The van der Waals surface area contributed by atoms with E-state index >= 15 is 0 Å². The van der Waals surface area contributed by atoms with Crippen molar-refractivity contribution in [3.05, 3.63) is 24.2 Å². The number of imidazole rings is 1. The summed E-state index contributed by atoms with van der Waals surface area (Å²) in [4.78, 5) is 6.47. The molecule has 3 atom stereocenters. The molecule has 12 heteroatoms. The summed E-state index contributed by atoms with van der Waals surface area (Å²) < 4.78 is 36.3. The van der Waals surface area contributed by atoms with E-state index in [9.17, 15) is 18.3 Å². The number of aliphatic hydroxyl groups is 1. The van der Waals surface area contributed by atoms with E-state index in [-0.39, 0.29) is 33.2 Å². The van der Waals surface area contributed by atoms with Crippen LogP contribution in [-0.2, 0) is 11.1 Å². The zero-order valence-corrected chi connectivity index (χ0v) is 17.6. The molecule has 0 aromatic carbocycles. The number of alkyl halides is 1. The van der Waals surface area contributed by atoms with Crippen LogP contribution in [0.15, 0.2) is 23.4 Å². The van der Waals surface area contributed by atoms with Crippen LogP contribution in [0.2, 0.25) is 0 Å². The Balaban J connectivity index is 2.01. The van der Waals surface area contributed by atoms with Gasteiger partial charge in [-0.3, -0.25) is 15.2 Å². The van der Waals surface area contributed by atoms with Crippen molar-refractivity contribution in [1.29, 1.82) is 10.8 Å². The maximum absolute atomic E-state index is 13.2. The van der Waals surface area contributed by atoms with Crippen molar-refractivity contribution in [3.63, 3.8) is 0 Å². The number of hydrogen-bond donors (Lipinski definition) is 4. The number of halogens is 1. The molecular formula is C16H21FN5O3PS2. The Bertz CT molecular complexity index is 930. The second-order valence-corrected chi connectivity index (χ2v) is 9.06. The van der Waals surface area contributed by atoms with Crippen LogP contribution in [0.25, 0.3) is 5.52 Å². The van der Waals surface area contributed by atoms with E-state index in [1.165, 1.54) is 12.4 Å². The second-order valence-electron chi connectivity index (χ2n) is 6.46. The van der Waals surface area contributed by atoms with Gasteiger partial charge in [-0.15, -0.1) is 0 Å². The molecule has 1 fully saturated rings. The molecule has 0 radical (unpaired) electrons. The van der Waals surface area contributed by atoms with E-state index in [0.29, 0.717) is 36.2 Å². The van der Waals surface area contributed by atoms with E-state index in [4.69, 9.17) is 10.8 Å². The first kappa shape index (κ1) is 21.3. The zero-order chi connectivity index (χ0) is 20.4. The van der Waals surface area contributed by atoms with E-state index in [0.717, 1.165) is 12.8 Å². The molecule has 1 saturated heterocycles. The maximum atomic E-state index is 13.2. The van der Waals surface area contributed by atoms with Gasteiger partial charge in [0.1, 0.15) is 27.9 Å². The molecule has 1 aliphatic heterocycles. The fourth-order valence-electron chi connectivity index (χ4n) is 3.13. The number of aliphatic hydroxyl groups excluding tert-OH is 1. The van der Waals surface area contributed by atoms with Gasteiger partial charge in [0, 0.05) is 19.7 Å². The molecule has 1 aliphatic rings. The smallest absolute Gasteiger partial charge is 0.186 e. The number of rotatable bonds is 5. The molecule has 2 aromatic rings. The van der Waals surface area contributed by atoms with Gasteiger partial charge in [0.2, 0.25) is 0 Å². The van der Waals surface area contributed by atoms with Gasteiger partial charge in [0.05, 0.1) is 10.4 Å². The minimum Gasteiger partial charge on any atom is -0.396 e. The maximum Gasteiger partial charge on any atom is 0.186 e. The average molecular weight is 445 g/mol. The molecule has 28 heavy (non-hydrogen) atoms. The summed E-state index contributed by atoms with van der Waals surface area (Å²) in [7, 11) is 1.86. The lowest BCUT2D eigenvalue weighted by Gasteiger charge is -2.33. The van der Waals surface area contributed by atoms with E-state index in [2.05, 4.69) is 9.88 Å². The van der Waals surface area contributed by atoms with Crippen molar-refractivity contribution in [2.45, 2.75) is 23.6 Å². The van der Waals surface area contributed by atoms with Crippen LogP contribution in [0.5, 0.6) is 0 Å². The molecule has 4 N–H and O–H groups in total. The number of nitrogens with zero attached hydrogens (tertiary/aromatic N) is 3. The molecule has 0 amide bonds. The highest BCUT2D eigenvalue weighted by Crippen LogP contribution is 2.29. The number of nitrogens with one attached hydrogen (secondary N) is 2. The minimum absolute atomic E-state index is 0.108. The molecule has 2 aromatic heterocycles. The first-order chi connectivity index (χ1) is 13.3. The third-order valence-electron chi connectivity index (χ3n) is 4.68. The summed E-state index contributed by atoms with van der Waals surface area (Å²) in [6.45, 7) is 1.51. The number of anilines is 1. The molecular weight excluding hydrogens is 424 g/mol. The first-order valence-corrected chi connectivity index (χ1v) is 11.1. The lowest BCUT2D eigenvalue weighted by atomic mass is 9.98. The highest BCUT2D eigenvalue weighted by Gasteiger charge is 2.24. The van der Waals surface area contributed by atoms with Crippen molar-refractivity contribution >= 4 is 53.5 Å². The molecule has 3 heterocycles. The number of fused-ring (bicyclic) bond motifs is 1. The Hall–Kier alpha value is -1.39. The number of aromatic nitrogens is 2.